The van der Waals surface area contributed by atoms with E-state index in [-0.39, 0.29) is 11.5 Å². The van der Waals surface area contributed by atoms with E-state index in [0.717, 1.165) is 16.8 Å². The van der Waals surface area contributed by atoms with Gasteiger partial charge < -0.3 is 5.73 Å². The van der Waals surface area contributed by atoms with Crippen molar-refractivity contribution >= 4 is 18.1 Å². The number of hydrogen-bond acceptors (Lipinski definition) is 4. The number of anilines is 1. The van der Waals surface area contributed by atoms with Gasteiger partial charge in [0, 0.05) is 25.7 Å². The highest BCUT2D eigenvalue weighted by Gasteiger charge is 2.04. The van der Waals surface area contributed by atoms with E-state index in [4.69, 9.17) is 5.73 Å². The highest BCUT2D eigenvalue weighted by molar-refractivity contribution is 5.68. The number of nitrogens with two attached hydrogens (primary N) is 1. The average Bonchev–Trinajstić information content (AvgIpc) is 2.59. The Morgan fingerprint density at radius 3 is 2.75 bits per heavy atom. The third-order valence-electron chi connectivity index (χ3n) is 3.69. The van der Waals surface area contributed by atoms with Gasteiger partial charge in [0.1, 0.15) is 0 Å². The molecule has 0 bridgehead atoms. The minimum atomic E-state index is -0.149. The summed E-state index contributed by atoms with van der Waals surface area (Å²) in [4.78, 5) is 20.3. The Bertz CT molecular complexity index is 930. The summed E-state index contributed by atoms with van der Waals surface area (Å²) in [7, 11) is 1.61. The van der Waals surface area contributed by atoms with Gasteiger partial charge in [-0.1, -0.05) is 36.4 Å². The molecule has 0 unspecified atom stereocenters. The molecular formula is C19H18N4O. The summed E-state index contributed by atoms with van der Waals surface area (Å²) in [5.41, 5.74) is 9.31. The molecule has 0 aliphatic rings. The molecule has 0 aliphatic heterocycles. The fraction of sp³-hybridized carbons (Fsp3) is 0.105. The van der Waals surface area contributed by atoms with Crippen LogP contribution < -0.4 is 11.3 Å². The predicted molar refractivity (Wildman–Crippen MR) is 96.3 cm³/mol. The molecule has 120 valence electrons. The van der Waals surface area contributed by atoms with E-state index in [1.54, 1.807) is 13.2 Å². The normalized spacial score (nSPS) is 11.0. The van der Waals surface area contributed by atoms with Crippen molar-refractivity contribution in [2.24, 2.45) is 7.05 Å². The molecule has 2 N–H and O–H groups in total. The lowest BCUT2D eigenvalue weighted by molar-refractivity contribution is 0.825. The molecular weight excluding hydrogens is 300 g/mol. The van der Waals surface area contributed by atoms with E-state index in [9.17, 15) is 4.79 Å². The van der Waals surface area contributed by atoms with Crippen molar-refractivity contribution in [3.63, 3.8) is 0 Å². The first-order chi connectivity index (χ1) is 11.6. The molecule has 5 heteroatoms. The maximum Gasteiger partial charge on any atom is 0.254 e. The number of nitrogens with zero attached hydrogens (tertiary/aromatic N) is 3. The Hall–Kier alpha value is -3.21. The van der Waals surface area contributed by atoms with E-state index < -0.39 is 0 Å². The number of aromatic nitrogens is 3. The summed E-state index contributed by atoms with van der Waals surface area (Å²) in [6.45, 7) is 0. The van der Waals surface area contributed by atoms with Crippen molar-refractivity contribution in [2.45, 2.75) is 6.42 Å². The third-order valence-corrected chi connectivity index (χ3v) is 3.69. The van der Waals surface area contributed by atoms with Crippen LogP contribution in [0.2, 0.25) is 0 Å². The van der Waals surface area contributed by atoms with Gasteiger partial charge in [-0.3, -0.25) is 14.3 Å². The maximum absolute atomic E-state index is 11.8. The maximum atomic E-state index is 11.8. The van der Waals surface area contributed by atoms with Crippen LogP contribution >= 0.6 is 0 Å². The fourth-order valence-corrected chi connectivity index (χ4v) is 2.37. The molecule has 24 heavy (non-hydrogen) atoms. The van der Waals surface area contributed by atoms with Crippen molar-refractivity contribution in [3.8, 4) is 0 Å². The van der Waals surface area contributed by atoms with Crippen LogP contribution in [0.15, 0.2) is 59.5 Å². The third kappa shape index (κ3) is 3.76. The Balaban J connectivity index is 1.81. The Kier molecular flexibility index (Phi) is 4.52. The quantitative estimate of drug-likeness (QED) is 0.802. The fourth-order valence-electron chi connectivity index (χ4n) is 2.37. The number of rotatable bonds is 4. The molecule has 3 rings (SSSR count). The van der Waals surface area contributed by atoms with Gasteiger partial charge in [0.15, 0.2) is 0 Å². The van der Waals surface area contributed by atoms with Crippen LogP contribution in [0.5, 0.6) is 0 Å². The van der Waals surface area contributed by atoms with E-state index in [1.807, 2.05) is 48.6 Å². The largest absolute Gasteiger partial charge is 0.369 e. The predicted octanol–water partition coefficient (Wildman–Crippen LogP) is 2.52. The number of hydrogen-bond donors (Lipinski definition) is 1. The summed E-state index contributed by atoms with van der Waals surface area (Å²) in [5, 5.41) is 0. The minimum absolute atomic E-state index is 0.149. The first-order valence-corrected chi connectivity index (χ1v) is 7.62. The molecule has 0 atom stereocenters. The smallest absolute Gasteiger partial charge is 0.254 e. The SMILES string of the molecule is Cn1c(N)nc(Cc2cccc(/C=C/c3ccccn3)c2)cc1=O. The molecule has 2 aromatic heterocycles. The minimum Gasteiger partial charge on any atom is -0.369 e. The average molecular weight is 318 g/mol. The topological polar surface area (TPSA) is 73.8 Å². The molecule has 0 amide bonds. The molecule has 2 heterocycles. The van der Waals surface area contributed by atoms with Gasteiger partial charge in [0.05, 0.1) is 11.4 Å². The van der Waals surface area contributed by atoms with E-state index in [0.29, 0.717) is 12.1 Å². The van der Waals surface area contributed by atoms with Gasteiger partial charge in [-0.2, -0.15) is 0 Å². The van der Waals surface area contributed by atoms with Gasteiger partial charge in [-0.25, -0.2) is 4.98 Å². The van der Waals surface area contributed by atoms with Crippen LogP contribution in [-0.4, -0.2) is 14.5 Å². The lowest BCUT2D eigenvalue weighted by Crippen LogP contribution is -2.21. The number of pyridine rings is 1. The molecule has 0 radical (unpaired) electrons. The Morgan fingerprint density at radius 1 is 1.12 bits per heavy atom. The van der Waals surface area contributed by atoms with Gasteiger partial charge in [-0.05, 0) is 29.3 Å². The summed E-state index contributed by atoms with van der Waals surface area (Å²) in [6.07, 6.45) is 6.30. The van der Waals surface area contributed by atoms with E-state index in [1.165, 1.54) is 10.6 Å². The molecule has 0 saturated heterocycles. The Labute approximate surface area is 140 Å². The van der Waals surface area contributed by atoms with Crippen LogP contribution in [0.25, 0.3) is 12.2 Å². The summed E-state index contributed by atoms with van der Waals surface area (Å²) in [5.74, 6) is 0.226. The first-order valence-electron chi connectivity index (χ1n) is 7.62. The van der Waals surface area contributed by atoms with Crippen LogP contribution in [0.4, 0.5) is 5.95 Å². The van der Waals surface area contributed by atoms with Crippen molar-refractivity contribution in [1.29, 1.82) is 0 Å². The summed E-state index contributed by atoms with van der Waals surface area (Å²) in [6, 6.07) is 15.4. The molecule has 0 fully saturated rings. The van der Waals surface area contributed by atoms with E-state index in [2.05, 4.69) is 16.0 Å². The molecule has 0 aliphatic carbocycles. The van der Waals surface area contributed by atoms with Crippen LogP contribution in [-0.2, 0) is 13.5 Å². The second kappa shape index (κ2) is 6.91. The summed E-state index contributed by atoms with van der Waals surface area (Å²) >= 11 is 0. The van der Waals surface area contributed by atoms with Gasteiger partial charge >= 0.3 is 0 Å². The van der Waals surface area contributed by atoms with Crippen LogP contribution in [0, 0.1) is 0 Å². The standard InChI is InChI=1S/C19H18N4O/c1-23-18(24)13-17(22-19(23)20)12-15-6-4-5-14(11-15)8-9-16-7-2-3-10-21-16/h2-11,13H,12H2,1H3,(H2,20,22)/b9-8+. The van der Waals surface area contributed by atoms with Crippen molar-refractivity contribution in [1.82, 2.24) is 14.5 Å². The second-order valence-electron chi connectivity index (χ2n) is 5.51. The zero-order chi connectivity index (χ0) is 16.9. The summed E-state index contributed by atoms with van der Waals surface area (Å²) < 4.78 is 1.33. The van der Waals surface area contributed by atoms with Crippen LogP contribution in [0.3, 0.4) is 0 Å². The number of benzene rings is 1. The van der Waals surface area contributed by atoms with Gasteiger partial charge in [0.25, 0.3) is 5.56 Å². The van der Waals surface area contributed by atoms with E-state index >= 15 is 0 Å². The molecule has 1 aromatic carbocycles. The molecule has 0 spiro atoms. The highest BCUT2D eigenvalue weighted by Crippen LogP contribution is 2.12. The molecule has 5 nitrogen and oxygen atoms in total. The van der Waals surface area contributed by atoms with Crippen LogP contribution in [0.1, 0.15) is 22.5 Å². The lowest BCUT2D eigenvalue weighted by Gasteiger charge is -2.06. The second-order valence-corrected chi connectivity index (χ2v) is 5.51. The zero-order valence-electron chi connectivity index (χ0n) is 13.4. The number of nitrogen functional groups attached to an aromatic ring is 1. The van der Waals surface area contributed by atoms with Gasteiger partial charge in [0.2, 0.25) is 5.95 Å². The monoisotopic (exact) mass is 318 g/mol. The van der Waals surface area contributed by atoms with Crippen molar-refractivity contribution in [3.05, 3.63) is 87.6 Å². The highest BCUT2D eigenvalue weighted by atomic mass is 16.1. The Morgan fingerprint density at radius 2 is 2.00 bits per heavy atom. The lowest BCUT2D eigenvalue weighted by atomic mass is 10.1. The molecule has 3 aromatic rings. The first kappa shape index (κ1) is 15.7. The van der Waals surface area contributed by atoms with Crippen molar-refractivity contribution < 1.29 is 0 Å². The zero-order valence-corrected chi connectivity index (χ0v) is 13.4. The molecule has 0 saturated carbocycles. The van der Waals surface area contributed by atoms with Crippen molar-refractivity contribution in [2.75, 3.05) is 5.73 Å². The van der Waals surface area contributed by atoms with Gasteiger partial charge in [-0.15, -0.1) is 0 Å².